The lowest BCUT2D eigenvalue weighted by Crippen LogP contribution is -2.03. The van der Waals surface area contributed by atoms with E-state index in [1.807, 2.05) is 0 Å². The first kappa shape index (κ1) is 9.72. The molecule has 0 bridgehead atoms. The van der Waals surface area contributed by atoms with Crippen LogP contribution in [0, 0.1) is 0 Å². The van der Waals surface area contributed by atoms with E-state index >= 15 is 0 Å². The molecule has 0 unspecified atom stereocenters. The number of pyridine rings is 1. The summed E-state index contributed by atoms with van der Waals surface area (Å²) in [6.45, 7) is 0. The van der Waals surface area contributed by atoms with E-state index < -0.39 is 0 Å². The summed E-state index contributed by atoms with van der Waals surface area (Å²) in [6.07, 6.45) is 4.57. The predicted molar refractivity (Wildman–Crippen MR) is 57.6 cm³/mol. The summed E-state index contributed by atoms with van der Waals surface area (Å²) in [5.74, 6) is 0. The maximum absolute atomic E-state index is 11.0. The van der Waals surface area contributed by atoms with Gasteiger partial charge in [0.2, 0.25) is 0 Å². The Morgan fingerprint density at radius 2 is 2.33 bits per heavy atom. The van der Waals surface area contributed by atoms with Crippen molar-refractivity contribution in [1.29, 1.82) is 0 Å². The number of aromatic nitrogens is 3. The third-order valence-corrected chi connectivity index (χ3v) is 2.70. The molecule has 15 heavy (non-hydrogen) atoms. The molecule has 0 saturated carbocycles. The number of aromatic amines is 1. The number of nitrogens with two attached hydrogens (primary N) is 1. The number of anilines is 1. The van der Waals surface area contributed by atoms with Crippen LogP contribution in [0.3, 0.4) is 0 Å². The zero-order valence-corrected chi connectivity index (χ0v) is 8.49. The van der Waals surface area contributed by atoms with E-state index in [0.717, 1.165) is 4.90 Å². The van der Waals surface area contributed by atoms with Crippen molar-refractivity contribution in [3.8, 4) is 0 Å². The molecule has 5 nitrogen and oxygen atoms in total. The van der Waals surface area contributed by atoms with Gasteiger partial charge in [0.15, 0.2) is 0 Å². The normalized spacial score (nSPS) is 10.1. The highest BCUT2D eigenvalue weighted by Gasteiger charge is 2.02. The van der Waals surface area contributed by atoms with E-state index in [0.29, 0.717) is 10.7 Å². The second kappa shape index (κ2) is 4.14. The van der Waals surface area contributed by atoms with Crippen molar-refractivity contribution in [2.24, 2.45) is 0 Å². The van der Waals surface area contributed by atoms with Gasteiger partial charge < -0.3 is 10.7 Å². The number of hydrogen-bond donors (Lipinski definition) is 2. The second-order valence-corrected chi connectivity index (χ2v) is 3.83. The molecule has 2 aromatic rings. The average Bonchev–Trinajstić information content (AvgIpc) is 2.22. The van der Waals surface area contributed by atoms with Crippen LogP contribution in [0.4, 0.5) is 5.69 Å². The maximum atomic E-state index is 11.0. The fourth-order valence-corrected chi connectivity index (χ4v) is 1.80. The summed E-state index contributed by atoms with van der Waals surface area (Å²) in [5.41, 5.74) is 6.10. The maximum Gasteiger partial charge on any atom is 0.251 e. The number of H-pyrrole nitrogens is 1. The molecule has 0 aromatic carbocycles. The van der Waals surface area contributed by atoms with Gasteiger partial charge in [-0.05, 0) is 6.07 Å². The van der Waals surface area contributed by atoms with Crippen molar-refractivity contribution in [2.45, 2.75) is 9.92 Å². The van der Waals surface area contributed by atoms with Crippen molar-refractivity contribution in [3.63, 3.8) is 0 Å². The minimum atomic E-state index is -0.180. The zero-order chi connectivity index (χ0) is 10.7. The summed E-state index contributed by atoms with van der Waals surface area (Å²) in [6, 6.07) is 3.20. The van der Waals surface area contributed by atoms with Crippen LogP contribution in [-0.4, -0.2) is 15.0 Å². The molecule has 2 aromatic heterocycles. The Bertz CT molecular complexity index is 525. The van der Waals surface area contributed by atoms with Crippen molar-refractivity contribution >= 4 is 17.4 Å². The molecule has 0 atom stereocenters. The van der Waals surface area contributed by atoms with Gasteiger partial charge in [-0.15, -0.1) is 0 Å². The Morgan fingerprint density at radius 3 is 3.07 bits per heavy atom. The molecule has 3 N–H and O–H groups in total. The number of nitrogen functional groups attached to an aromatic ring is 1. The third-order valence-electron chi connectivity index (χ3n) is 1.68. The lowest BCUT2D eigenvalue weighted by molar-refractivity contribution is 1.01. The van der Waals surface area contributed by atoms with Gasteiger partial charge in [0, 0.05) is 17.2 Å². The summed E-state index contributed by atoms with van der Waals surface area (Å²) >= 11 is 1.33. The van der Waals surface area contributed by atoms with E-state index in [2.05, 4.69) is 15.0 Å². The largest absolute Gasteiger partial charge is 0.397 e. The molecule has 0 aliphatic rings. The second-order valence-electron chi connectivity index (χ2n) is 2.76. The number of nitrogens with one attached hydrogen (secondary N) is 1. The molecular formula is C9H8N4OS. The Hall–Kier alpha value is -1.82. The van der Waals surface area contributed by atoms with Gasteiger partial charge in [-0.25, -0.2) is 4.98 Å². The fourth-order valence-electron chi connectivity index (χ4n) is 1.01. The molecule has 6 heteroatoms. The van der Waals surface area contributed by atoms with Gasteiger partial charge >= 0.3 is 0 Å². The molecule has 0 fully saturated rings. The van der Waals surface area contributed by atoms with Crippen LogP contribution in [0.2, 0.25) is 0 Å². The first-order chi connectivity index (χ1) is 7.25. The molecule has 0 aliphatic heterocycles. The highest BCUT2D eigenvalue weighted by molar-refractivity contribution is 7.99. The molecule has 0 radical (unpaired) electrons. The Morgan fingerprint density at radius 1 is 1.47 bits per heavy atom. The predicted octanol–water partition coefficient (Wildman–Crippen LogP) is 0.898. The molecular weight excluding hydrogens is 212 g/mol. The van der Waals surface area contributed by atoms with Crippen molar-refractivity contribution in [1.82, 2.24) is 15.0 Å². The van der Waals surface area contributed by atoms with Crippen molar-refractivity contribution < 1.29 is 0 Å². The average molecular weight is 220 g/mol. The molecule has 2 rings (SSSR count). The van der Waals surface area contributed by atoms with E-state index in [4.69, 9.17) is 5.73 Å². The summed E-state index contributed by atoms with van der Waals surface area (Å²) in [4.78, 5) is 22.2. The summed E-state index contributed by atoms with van der Waals surface area (Å²) in [7, 11) is 0. The molecule has 76 valence electrons. The number of rotatable bonds is 2. The van der Waals surface area contributed by atoms with Gasteiger partial charge in [-0.3, -0.25) is 9.78 Å². The SMILES string of the molecule is Nc1cnccc1Sc1cc(=O)[nH]cn1. The van der Waals surface area contributed by atoms with E-state index in [-0.39, 0.29) is 5.56 Å². The summed E-state index contributed by atoms with van der Waals surface area (Å²) < 4.78 is 0. The van der Waals surface area contributed by atoms with Crippen LogP contribution >= 0.6 is 11.8 Å². The van der Waals surface area contributed by atoms with E-state index in [1.54, 1.807) is 18.5 Å². The first-order valence-corrected chi connectivity index (χ1v) is 4.99. The van der Waals surface area contributed by atoms with Crippen molar-refractivity contribution in [2.75, 3.05) is 5.73 Å². The Labute approximate surface area is 89.8 Å². The summed E-state index contributed by atoms with van der Waals surface area (Å²) in [5, 5.41) is 0.608. The van der Waals surface area contributed by atoms with Crippen LogP contribution in [0.25, 0.3) is 0 Å². The molecule has 0 amide bonds. The molecule has 0 aliphatic carbocycles. The Kier molecular flexibility index (Phi) is 2.68. The van der Waals surface area contributed by atoms with Crippen molar-refractivity contribution in [3.05, 3.63) is 41.2 Å². The fraction of sp³-hybridized carbons (Fsp3) is 0. The van der Waals surface area contributed by atoms with Gasteiger partial charge in [-0.2, -0.15) is 0 Å². The van der Waals surface area contributed by atoms with E-state index in [1.165, 1.54) is 24.2 Å². The van der Waals surface area contributed by atoms with Crippen LogP contribution in [0.5, 0.6) is 0 Å². The highest BCUT2D eigenvalue weighted by atomic mass is 32.2. The smallest absolute Gasteiger partial charge is 0.251 e. The van der Waals surface area contributed by atoms with Gasteiger partial charge in [-0.1, -0.05) is 11.8 Å². The first-order valence-electron chi connectivity index (χ1n) is 4.18. The van der Waals surface area contributed by atoms with Crippen LogP contribution in [0.1, 0.15) is 0 Å². The zero-order valence-electron chi connectivity index (χ0n) is 7.68. The van der Waals surface area contributed by atoms with Gasteiger partial charge in [0.1, 0.15) is 5.03 Å². The molecule has 0 saturated heterocycles. The highest BCUT2D eigenvalue weighted by Crippen LogP contribution is 2.28. The topological polar surface area (TPSA) is 84.7 Å². The molecule has 0 spiro atoms. The third kappa shape index (κ3) is 2.35. The lowest BCUT2D eigenvalue weighted by atomic mass is 10.4. The van der Waals surface area contributed by atoms with Gasteiger partial charge in [0.05, 0.1) is 18.2 Å². The number of nitrogens with zero attached hydrogens (tertiary/aromatic N) is 2. The van der Waals surface area contributed by atoms with Crippen LogP contribution < -0.4 is 11.3 Å². The molecule has 2 heterocycles. The minimum Gasteiger partial charge on any atom is -0.397 e. The quantitative estimate of drug-likeness (QED) is 0.734. The monoisotopic (exact) mass is 220 g/mol. The van der Waals surface area contributed by atoms with Gasteiger partial charge in [0.25, 0.3) is 5.56 Å². The minimum absolute atomic E-state index is 0.180. The number of hydrogen-bond acceptors (Lipinski definition) is 5. The lowest BCUT2D eigenvalue weighted by Gasteiger charge is -2.02. The van der Waals surface area contributed by atoms with Crippen LogP contribution in [0.15, 0.2) is 45.6 Å². The van der Waals surface area contributed by atoms with E-state index in [9.17, 15) is 4.79 Å². The Balaban J connectivity index is 2.30. The van der Waals surface area contributed by atoms with Crippen LogP contribution in [-0.2, 0) is 0 Å². The standard InChI is InChI=1S/C9H8N4OS/c10-6-4-11-2-1-7(6)15-9-3-8(14)12-5-13-9/h1-5H,10H2,(H,12,13,14).